The van der Waals surface area contributed by atoms with E-state index in [2.05, 4.69) is 15.6 Å². The van der Waals surface area contributed by atoms with E-state index in [1.165, 1.54) is 4.68 Å². The van der Waals surface area contributed by atoms with Gasteiger partial charge in [0.2, 0.25) is 5.91 Å². The topological polar surface area (TPSA) is 80.1 Å². The Morgan fingerprint density at radius 1 is 1.24 bits per heavy atom. The van der Waals surface area contributed by atoms with Crippen LogP contribution in [0, 0.1) is 0 Å². The van der Waals surface area contributed by atoms with Crippen LogP contribution in [-0.4, -0.2) is 52.0 Å². The lowest BCUT2D eigenvalue weighted by Crippen LogP contribution is -2.46. The summed E-state index contributed by atoms with van der Waals surface area (Å²) in [7, 11) is 0. The summed E-state index contributed by atoms with van der Waals surface area (Å²) in [6.07, 6.45) is 0.271. The molecule has 3 rings (SSSR count). The number of fused-ring (bicyclic) bond motifs is 1. The largest absolute Gasteiger partial charge is 0.340 e. The average molecular weight is 287 g/mol. The molecular formula is C14H17N5O2. The fraction of sp³-hybridized carbons (Fsp3) is 0.429. The second kappa shape index (κ2) is 6.01. The van der Waals surface area contributed by atoms with Crippen molar-refractivity contribution in [2.24, 2.45) is 0 Å². The summed E-state index contributed by atoms with van der Waals surface area (Å²) in [6, 6.07) is 7.08. The highest BCUT2D eigenvalue weighted by molar-refractivity contribution is 5.77. The Morgan fingerprint density at radius 2 is 2.00 bits per heavy atom. The minimum absolute atomic E-state index is 0.0540. The highest BCUT2D eigenvalue weighted by atomic mass is 16.2. The molecule has 0 spiro atoms. The fourth-order valence-electron chi connectivity index (χ4n) is 2.44. The molecule has 1 amide bonds. The van der Waals surface area contributed by atoms with Crippen LogP contribution < -0.4 is 10.9 Å². The second-order valence-corrected chi connectivity index (χ2v) is 5.02. The van der Waals surface area contributed by atoms with Crippen LogP contribution in [0.5, 0.6) is 0 Å². The molecule has 2 aromatic rings. The van der Waals surface area contributed by atoms with E-state index in [0.29, 0.717) is 10.9 Å². The zero-order valence-electron chi connectivity index (χ0n) is 11.7. The van der Waals surface area contributed by atoms with Crippen LogP contribution in [0.25, 0.3) is 10.9 Å². The lowest BCUT2D eigenvalue weighted by Gasteiger charge is -2.27. The normalized spacial score (nSPS) is 15.3. The molecule has 7 heteroatoms. The number of rotatable bonds is 3. The zero-order chi connectivity index (χ0) is 14.7. The van der Waals surface area contributed by atoms with Crippen molar-refractivity contribution in [1.82, 2.24) is 25.2 Å². The quantitative estimate of drug-likeness (QED) is 0.832. The van der Waals surface area contributed by atoms with E-state index in [1.54, 1.807) is 18.2 Å². The number of aryl methyl sites for hydroxylation is 1. The summed E-state index contributed by atoms with van der Waals surface area (Å²) in [5, 5.41) is 11.6. The van der Waals surface area contributed by atoms with Crippen molar-refractivity contribution in [1.29, 1.82) is 0 Å². The van der Waals surface area contributed by atoms with Crippen LogP contribution in [0.3, 0.4) is 0 Å². The Labute approximate surface area is 121 Å². The Kier molecular flexibility index (Phi) is 3.92. The molecule has 7 nitrogen and oxygen atoms in total. The minimum Gasteiger partial charge on any atom is -0.340 e. The van der Waals surface area contributed by atoms with Gasteiger partial charge in [0.25, 0.3) is 5.56 Å². The lowest BCUT2D eigenvalue weighted by atomic mass is 10.2. The molecule has 110 valence electrons. The maximum atomic E-state index is 12.2. The number of piperazine rings is 1. The van der Waals surface area contributed by atoms with Gasteiger partial charge in [0.15, 0.2) is 0 Å². The SMILES string of the molecule is O=C(CCn1nnc2ccccc2c1=O)N1CCNCC1. The van der Waals surface area contributed by atoms with E-state index in [0.717, 1.165) is 26.2 Å². The minimum atomic E-state index is -0.200. The van der Waals surface area contributed by atoms with Gasteiger partial charge in [-0.15, -0.1) is 5.10 Å². The number of carbonyl (C=O) groups excluding carboxylic acids is 1. The number of hydrogen-bond acceptors (Lipinski definition) is 5. The van der Waals surface area contributed by atoms with E-state index in [1.807, 2.05) is 11.0 Å². The molecule has 2 heterocycles. The highest BCUT2D eigenvalue weighted by Gasteiger charge is 2.16. The first-order chi connectivity index (χ1) is 10.3. The summed E-state index contributed by atoms with van der Waals surface area (Å²) in [4.78, 5) is 26.1. The summed E-state index contributed by atoms with van der Waals surface area (Å²) in [6.45, 7) is 3.34. The fourth-order valence-corrected chi connectivity index (χ4v) is 2.44. The van der Waals surface area contributed by atoms with Gasteiger partial charge in [-0.2, -0.15) is 0 Å². The molecule has 0 saturated carbocycles. The maximum absolute atomic E-state index is 12.2. The van der Waals surface area contributed by atoms with Crippen molar-refractivity contribution in [3.8, 4) is 0 Å². The average Bonchev–Trinajstić information content (AvgIpc) is 2.55. The van der Waals surface area contributed by atoms with Crippen LogP contribution in [0.1, 0.15) is 6.42 Å². The first-order valence-electron chi connectivity index (χ1n) is 7.07. The third kappa shape index (κ3) is 2.92. The zero-order valence-corrected chi connectivity index (χ0v) is 11.7. The van der Waals surface area contributed by atoms with Gasteiger partial charge in [0.1, 0.15) is 5.52 Å². The monoisotopic (exact) mass is 287 g/mol. The third-order valence-corrected chi connectivity index (χ3v) is 3.64. The van der Waals surface area contributed by atoms with Crippen LogP contribution in [0.4, 0.5) is 0 Å². The molecule has 1 saturated heterocycles. The molecule has 21 heavy (non-hydrogen) atoms. The van der Waals surface area contributed by atoms with Crippen LogP contribution in [0.2, 0.25) is 0 Å². The van der Waals surface area contributed by atoms with Gasteiger partial charge in [0, 0.05) is 32.6 Å². The van der Waals surface area contributed by atoms with E-state index in [4.69, 9.17) is 0 Å². The maximum Gasteiger partial charge on any atom is 0.277 e. The molecule has 0 bridgehead atoms. The number of benzene rings is 1. The van der Waals surface area contributed by atoms with Gasteiger partial charge < -0.3 is 10.2 Å². The lowest BCUT2D eigenvalue weighted by molar-refractivity contribution is -0.132. The van der Waals surface area contributed by atoms with Crippen LogP contribution in [-0.2, 0) is 11.3 Å². The van der Waals surface area contributed by atoms with Crippen LogP contribution in [0.15, 0.2) is 29.1 Å². The molecule has 0 atom stereocenters. The first kappa shape index (κ1) is 13.7. The number of nitrogens with one attached hydrogen (secondary N) is 1. The van der Waals surface area contributed by atoms with Gasteiger partial charge >= 0.3 is 0 Å². The standard InChI is InChI=1S/C14H17N5O2/c20-13(18-9-6-15-7-10-18)5-8-19-14(21)11-3-1-2-4-12(11)16-17-19/h1-4,15H,5-10H2. The van der Waals surface area contributed by atoms with Gasteiger partial charge in [0.05, 0.1) is 11.9 Å². The molecular weight excluding hydrogens is 270 g/mol. The Bertz CT molecular complexity index is 706. The summed E-state index contributed by atoms with van der Waals surface area (Å²) in [5.41, 5.74) is 0.376. The summed E-state index contributed by atoms with van der Waals surface area (Å²) in [5.74, 6) is 0.0540. The van der Waals surface area contributed by atoms with Crippen molar-refractivity contribution in [3.05, 3.63) is 34.6 Å². The van der Waals surface area contributed by atoms with Gasteiger partial charge in [-0.3, -0.25) is 9.59 Å². The van der Waals surface area contributed by atoms with Gasteiger partial charge in [-0.1, -0.05) is 17.3 Å². The molecule has 1 fully saturated rings. The highest BCUT2D eigenvalue weighted by Crippen LogP contribution is 2.04. The number of hydrogen-bond donors (Lipinski definition) is 1. The molecule has 1 aliphatic rings. The number of carbonyl (C=O) groups is 1. The molecule has 0 unspecified atom stereocenters. The Balaban J connectivity index is 1.72. The van der Waals surface area contributed by atoms with Crippen molar-refractivity contribution in [2.75, 3.05) is 26.2 Å². The first-order valence-corrected chi connectivity index (χ1v) is 7.07. The van der Waals surface area contributed by atoms with Crippen molar-refractivity contribution in [2.45, 2.75) is 13.0 Å². The van der Waals surface area contributed by atoms with E-state index < -0.39 is 0 Å². The van der Waals surface area contributed by atoms with Crippen LogP contribution >= 0.6 is 0 Å². The number of aromatic nitrogens is 3. The predicted molar refractivity (Wildman–Crippen MR) is 77.9 cm³/mol. The van der Waals surface area contributed by atoms with Gasteiger partial charge in [-0.25, -0.2) is 4.68 Å². The molecule has 0 radical (unpaired) electrons. The van der Waals surface area contributed by atoms with Crippen molar-refractivity contribution in [3.63, 3.8) is 0 Å². The second-order valence-electron chi connectivity index (χ2n) is 5.02. The van der Waals surface area contributed by atoms with E-state index >= 15 is 0 Å². The van der Waals surface area contributed by atoms with Crippen molar-refractivity contribution >= 4 is 16.8 Å². The number of nitrogens with zero attached hydrogens (tertiary/aromatic N) is 4. The molecule has 1 N–H and O–H groups in total. The molecule has 1 aromatic heterocycles. The predicted octanol–water partition coefficient (Wildman–Crippen LogP) is -0.387. The molecule has 1 aliphatic heterocycles. The third-order valence-electron chi connectivity index (χ3n) is 3.64. The van der Waals surface area contributed by atoms with E-state index in [-0.39, 0.29) is 24.4 Å². The number of amides is 1. The Morgan fingerprint density at radius 3 is 2.81 bits per heavy atom. The van der Waals surface area contributed by atoms with Crippen molar-refractivity contribution < 1.29 is 4.79 Å². The van der Waals surface area contributed by atoms with E-state index in [9.17, 15) is 9.59 Å². The Hall–Kier alpha value is -2.28. The molecule has 1 aromatic carbocycles. The summed E-state index contributed by atoms with van der Waals surface area (Å²) < 4.78 is 1.27. The van der Waals surface area contributed by atoms with Gasteiger partial charge in [-0.05, 0) is 12.1 Å². The smallest absolute Gasteiger partial charge is 0.277 e. The summed E-state index contributed by atoms with van der Waals surface area (Å²) >= 11 is 0. The molecule has 0 aliphatic carbocycles.